The summed E-state index contributed by atoms with van der Waals surface area (Å²) in [5.74, 6) is 1.06. The van der Waals surface area contributed by atoms with Crippen molar-refractivity contribution in [1.29, 1.82) is 0 Å². The molecule has 0 saturated carbocycles. The first-order valence-corrected chi connectivity index (χ1v) is 8.41. The van der Waals surface area contributed by atoms with Gasteiger partial charge < -0.3 is 9.84 Å². The first-order valence-electron chi connectivity index (χ1n) is 7.07. The Morgan fingerprint density at radius 2 is 1.32 bits per heavy atom. The van der Waals surface area contributed by atoms with Crippen molar-refractivity contribution in [2.75, 3.05) is 7.11 Å². The summed E-state index contributed by atoms with van der Waals surface area (Å²) in [6.45, 7) is 0. The predicted octanol–water partition coefficient (Wildman–Crippen LogP) is 3.16. The largest absolute Gasteiger partial charge is 0.507 e. The molecular formula is C19H17O2P. The molecule has 0 unspecified atom stereocenters. The molecule has 0 aliphatic rings. The summed E-state index contributed by atoms with van der Waals surface area (Å²) in [5, 5.41) is 13.7. The Labute approximate surface area is 131 Å². The molecule has 3 aromatic rings. The van der Waals surface area contributed by atoms with Crippen LogP contribution in [-0.2, 0) is 0 Å². The lowest BCUT2D eigenvalue weighted by Gasteiger charge is -2.20. The van der Waals surface area contributed by atoms with Crippen molar-refractivity contribution in [3.63, 3.8) is 0 Å². The van der Waals surface area contributed by atoms with Crippen molar-refractivity contribution in [3.05, 3.63) is 78.9 Å². The van der Waals surface area contributed by atoms with E-state index in [0.29, 0.717) is 5.75 Å². The van der Waals surface area contributed by atoms with Gasteiger partial charge in [0, 0.05) is 5.30 Å². The molecular weight excluding hydrogens is 291 g/mol. The van der Waals surface area contributed by atoms with E-state index < -0.39 is 7.92 Å². The average Bonchev–Trinajstić information content (AvgIpc) is 2.59. The smallest absolute Gasteiger partial charge is 0.124 e. The maximum atomic E-state index is 10.4. The van der Waals surface area contributed by atoms with Gasteiger partial charge in [0.05, 0.1) is 7.11 Å². The number of methoxy groups -OCH3 is 1. The molecule has 0 radical (unpaired) electrons. The minimum atomic E-state index is -0.819. The van der Waals surface area contributed by atoms with Gasteiger partial charge in [0.25, 0.3) is 0 Å². The van der Waals surface area contributed by atoms with Crippen LogP contribution >= 0.6 is 7.92 Å². The van der Waals surface area contributed by atoms with Gasteiger partial charge in [-0.3, -0.25) is 0 Å². The summed E-state index contributed by atoms with van der Waals surface area (Å²) < 4.78 is 5.33. The van der Waals surface area contributed by atoms with Gasteiger partial charge in [0.2, 0.25) is 0 Å². The summed E-state index contributed by atoms with van der Waals surface area (Å²) in [6.07, 6.45) is 0. The van der Waals surface area contributed by atoms with Crippen LogP contribution in [0.2, 0.25) is 0 Å². The van der Waals surface area contributed by atoms with Crippen LogP contribution < -0.4 is 20.7 Å². The molecule has 0 atom stereocenters. The summed E-state index contributed by atoms with van der Waals surface area (Å²) in [5.41, 5.74) is 0. The van der Waals surface area contributed by atoms with Gasteiger partial charge in [0.15, 0.2) is 0 Å². The van der Waals surface area contributed by atoms with Crippen LogP contribution in [0.3, 0.4) is 0 Å². The molecule has 1 N–H and O–H groups in total. The standard InChI is InChI=1S/C19H17O2P/c1-21-15-12-13-18(20)19(14-15)22(16-8-4-2-5-9-16)17-10-6-3-7-11-17/h2-14,20H,1H3. The van der Waals surface area contributed by atoms with Crippen molar-refractivity contribution in [2.24, 2.45) is 0 Å². The number of ether oxygens (including phenoxy) is 1. The number of aromatic hydroxyl groups is 1. The summed E-state index contributed by atoms with van der Waals surface area (Å²) in [6, 6.07) is 26.0. The molecule has 0 aliphatic heterocycles. The van der Waals surface area contributed by atoms with E-state index in [4.69, 9.17) is 4.74 Å². The number of benzene rings is 3. The van der Waals surface area contributed by atoms with Crippen molar-refractivity contribution < 1.29 is 9.84 Å². The molecule has 0 amide bonds. The molecule has 0 heterocycles. The van der Waals surface area contributed by atoms with E-state index in [1.165, 1.54) is 10.6 Å². The van der Waals surface area contributed by atoms with Crippen molar-refractivity contribution in [2.45, 2.75) is 0 Å². The molecule has 0 aromatic heterocycles. The van der Waals surface area contributed by atoms with Crippen LogP contribution in [0.25, 0.3) is 0 Å². The van der Waals surface area contributed by atoms with Gasteiger partial charge in [0.1, 0.15) is 11.5 Å². The fourth-order valence-electron chi connectivity index (χ4n) is 2.39. The van der Waals surface area contributed by atoms with E-state index in [9.17, 15) is 5.11 Å². The number of phenolic OH excluding ortho intramolecular Hbond substituents is 1. The molecule has 3 rings (SSSR count). The van der Waals surface area contributed by atoms with Crippen LogP contribution in [0.5, 0.6) is 11.5 Å². The second-order valence-corrected chi connectivity index (χ2v) is 7.05. The third kappa shape index (κ3) is 2.98. The second kappa shape index (κ2) is 6.64. The molecule has 110 valence electrons. The molecule has 0 saturated heterocycles. The molecule has 0 aliphatic carbocycles. The Kier molecular flexibility index (Phi) is 4.41. The highest BCUT2D eigenvalue weighted by atomic mass is 31.1. The third-order valence-corrected chi connectivity index (χ3v) is 5.92. The first-order chi connectivity index (χ1) is 10.8. The monoisotopic (exact) mass is 308 g/mol. The minimum absolute atomic E-state index is 0.305. The SMILES string of the molecule is COc1ccc(O)c(P(c2ccccc2)c2ccccc2)c1. The predicted molar refractivity (Wildman–Crippen MR) is 93.4 cm³/mol. The van der Waals surface area contributed by atoms with E-state index in [1.807, 2.05) is 42.5 Å². The highest BCUT2D eigenvalue weighted by Crippen LogP contribution is 2.37. The zero-order valence-electron chi connectivity index (χ0n) is 12.3. The zero-order valence-corrected chi connectivity index (χ0v) is 13.2. The number of hydrogen-bond donors (Lipinski definition) is 1. The highest BCUT2D eigenvalue weighted by molar-refractivity contribution is 7.80. The van der Waals surface area contributed by atoms with Crippen molar-refractivity contribution >= 4 is 23.8 Å². The topological polar surface area (TPSA) is 29.5 Å². The molecule has 3 heteroatoms. The van der Waals surface area contributed by atoms with E-state index in [-0.39, 0.29) is 0 Å². The van der Waals surface area contributed by atoms with Crippen LogP contribution in [-0.4, -0.2) is 12.2 Å². The van der Waals surface area contributed by atoms with Gasteiger partial charge in [-0.2, -0.15) is 0 Å². The molecule has 0 spiro atoms. The Morgan fingerprint density at radius 1 is 0.773 bits per heavy atom. The highest BCUT2D eigenvalue weighted by Gasteiger charge is 2.20. The number of phenols is 1. The Hall–Kier alpha value is -2.31. The minimum Gasteiger partial charge on any atom is -0.507 e. The lowest BCUT2D eigenvalue weighted by atomic mass is 10.3. The van der Waals surface area contributed by atoms with Gasteiger partial charge in [-0.1, -0.05) is 60.7 Å². The molecule has 3 aromatic carbocycles. The zero-order chi connectivity index (χ0) is 15.4. The Bertz CT molecular complexity index is 702. The summed E-state index contributed by atoms with van der Waals surface area (Å²) in [4.78, 5) is 0. The van der Waals surface area contributed by atoms with Crippen LogP contribution in [0.4, 0.5) is 0 Å². The van der Waals surface area contributed by atoms with Gasteiger partial charge >= 0.3 is 0 Å². The average molecular weight is 308 g/mol. The molecule has 22 heavy (non-hydrogen) atoms. The normalized spacial score (nSPS) is 10.6. The summed E-state index contributed by atoms with van der Waals surface area (Å²) >= 11 is 0. The van der Waals surface area contributed by atoms with E-state index in [2.05, 4.69) is 24.3 Å². The second-order valence-electron chi connectivity index (χ2n) is 4.86. The van der Waals surface area contributed by atoms with Crippen LogP contribution in [0, 0.1) is 0 Å². The van der Waals surface area contributed by atoms with Crippen LogP contribution in [0.1, 0.15) is 0 Å². The van der Waals surface area contributed by atoms with Crippen molar-refractivity contribution in [1.82, 2.24) is 0 Å². The Balaban J connectivity index is 2.18. The maximum absolute atomic E-state index is 10.4. The maximum Gasteiger partial charge on any atom is 0.124 e. The number of rotatable bonds is 4. The van der Waals surface area contributed by atoms with Gasteiger partial charge in [-0.15, -0.1) is 0 Å². The number of hydrogen-bond acceptors (Lipinski definition) is 2. The lowest BCUT2D eigenvalue weighted by molar-refractivity contribution is 0.413. The summed E-state index contributed by atoms with van der Waals surface area (Å²) in [7, 11) is 0.824. The molecule has 0 fully saturated rings. The van der Waals surface area contributed by atoms with E-state index in [1.54, 1.807) is 19.2 Å². The van der Waals surface area contributed by atoms with Crippen molar-refractivity contribution in [3.8, 4) is 11.5 Å². The fraction of sp³-hybridized carbons (Fsp3) is 0.0526. The van der Waals surface area contributed by atoms with E-state index >= 15 is 0 Å². The first kappa shape index (κ1) is 14.6. The van der Waals surface area contributed by atoms with Crippen LogP contribution in [0.15, 0.2) is 78.9 Å². The van der Waals surface area contributed by atoms with E-state index in [0.717, 1.165) is 11.1 Å². The fourth-order valence-corrected chi connectivity index (χ4v) is 4.75. The Morgan fingerprint density at radius 3 is 1.82 bits per heavy atom. The lowest BCUT2D eigenvalue weighted by Crippen LogP contribution is -2.20. The molecule has 2 nitrogen and oxygen atoms in total. The quantitative estimate of drug-likeness (QED) is 0.750. The van der Waals surface area contributed by atoms with Gasteiger partial charge in [-0.25, -0.2) is 0 Å². The van der Waals surface area contributed by atoms with Gasteiger partial charge in [-0.05, 0) is 36.7 Å². The molecule has 0 bridgehead atoms. The third-order valence-electron chi connectivity index (χ3n) is 3.45.